The number of carbonyl (C=O) groups excluding carboxylic acids is 1. The Kier molecular flexibility index (Phi) is 8.94. The fourth-order valence-corrected chi connectivity index (χ4v) is 1.49. The highest BCUT2D eigenvalue weighted by atomic mass is 16.5. The number of nitrogens with one attached hydrogen (secondary N) is 1. The third kappa shape index (κ3) is 9.03. The Morgan fingerprint density at radius 2 is 2.18 bits per heavy atom. The number of aliphatic hydroxyl groups excluding tert-OH is 1. The van der Waals surface area contributed by atoms with Crippen LogP contribution in [0.2, 0.25) is 0 Å². The molecule has 0 spiro atoms. The molecule has 0 aromatic heterocycles. The molecule has 0 aliphatic carbocycles. The Bertz CT molecular complexity index is 229. The smallest absolute Gasteiger partial charge is 0.146 e. The first-order valence-corrected chi connectivity index (χ1v) is 6.07. The van der Waals surface area contributed by atoms with Gasteiger partial charge in [-0.2, -0.15) is 0 Å². The summed E-state index contributed by atoms with van der Waals surface area (Å²) in [5.74, 6) is 0.559. The minimum Gasteiger partial charge on any atom is -0.389 e. The highest BCUT2D eigenvalue weighted by molar-refractivity contribution is 5.81. The lowest BCUT2D eigenvalue weighted by Gasteiger charge is -2.20. The van der Waals surface area contributed by atoms with Crippen LogP contribution in [0.15, 0.2) is 12.7 Å². The van der Waals surface area contributed by atoms with E-state index >= 15 is 0 Å². The maximum atomic E-state index is 11.4. The molecule has 0 amide bonds. The Balaban J connectivity index is 3.86. The van der Waals surface area contributed by atoms with Crippen LogP contribution in [0, 0.1) is 5.92 Å². The van der Waals surface area contributed by atoms with Crippen molar-refractivity contribution < 1.29 is 14.6 Å². The van der Waals surface area contributed by atoms with Crippen LogP contribution in [0.4, 0.5) is 0 Å². The molecule has 17 heavy (non-hydrogen) atoms. The molecule has 0 aliphatic rings. The van der Waals surface area contributed by atoms with Gasteiger partial charge in [0.2, 0.25) is 0 Å². The second kappa shape index (κ2) is 9.33. The topological polar surface area (TPSA) is 58.6 Å². The van der Waals surface area contributed by atoms with Gasteiger partial charge in [-0.05, 0) is 19.3 Å². The summed E-state index contributed by atoms with van der Waals surface area (Å²) in [6.45, 7) is 10.3. The van der Waals surface area contributed by atoms with Crippen LogP contribution in [-0.2, 0) is 9.53 Å². The number of Topliss-reactive ketones (excluding diaryl/α,β-unsaturated/α-hetero) is 1. The van der Waals surface area contributed by atoms with Crippen molar-refractivity contribution in [2.75, 3.05) is 19.8 Å². The van der Waals surface area contributed by atoms with E-state index < -0.39 is 6.10 Å². The van der Waals surface area contributed by atoms with E-state index in [1.165, 1.54) is 0 Å². The molecule has 0 aromatic carbocycles. The van der Waals surface area contributed by atoms with E-state index in [9.17, 15) is 9.90 Å². The second-order valence-electron chi connectivity index (χ2n) is 4.68. The van der Waals surface area contributed by atoms with Crippen molar-refractivity contribution in [3.8, 4) is 0 Å². The quantitative estimate of drug-likeness (QED) is 0.446. The molecule has 0 saturated heterocycles. The van der Waals surface area contributed by atoms with Gasteiger partial charge in [-0.25, -0.2) is 0 Å². The predicted molar refractivity (Wildman–Crippen MR) is 68.9 cm³/mol. The predicted octanol–water partition coefficient (Wildman–Crippen LogP) is 1.14. The zero-order valence-electron chi connectivity index (χ0n) is 11.1. The summed E-state index contributed by atoms with van der Waals surface area (Å²) in [6.07, 6.45) is 1.83. The van der Waals surface area contributed by atoms with Gasteiger partial charge in [0, 0.05) is 6.54 Å². The molecule has 2 unspecified atom stereocenters. The summed E-state index contributed by atoms with van der Waals surface area (Å²) in [7, 11) is 0. The number of carbonyl (C=O) groups is 1. The van der Waals surface area contributed by atoms with Gasteiger partial charge in [-0.1, -0.05) is 19.9 Å². The average Bonchev–Trinajstić information content (AvgIpc) is 2.23. The normalized spacial score (nSPS) is 14.6. The summed E-state index contributed by atoms with van der Waals surface area (Å²) in [4.78, 5) is 11.4. The van der Waals surface area contributed by atoms with E-state index in [0.717, 1.165) is 6.42 Å². The lowest BCUT2D eigenvalue weighted by Crippen LogP contribution is -2.42. The largest absolute Gasteiger partial charge is 0.389 e. The van der Waals surface area contributed by atoms with Crippen LogP contribution in [0.25, 0.3) is 0 Å². The Morgan fingerprint density at radius 1 is 1.53 bits per heavy atom. The average molecular weight is 243 g/mol. The van der Waals surface area contributed by atoms with Crippen LogP contribution in [0.3, 0.4) is 0 Å². The van der Waals surface area contributed by atoms with Crippen LogP contribution in [-0.4, -0.2) is 42.8 Å². The SMILES string of the molecule is C=CCOCC(O)CNC(CC(C)C)C(C)=O. The van der Waals surface area contributed by atoms with E-state index in [-0.39, 0.29) is 18.4 Å². The molecule has 0 fully saturated rings. The standard InChI is InChI=1S/C13H25NO3/c1-5-6-17-9-12(16)8-14-13(11(4)15)7-10(2)3/h5,10,12-14,16H,1,6-9H2,2-4H3. The monoisotopic (exact) mass is 243 g/mol. The number of hydrogen-bond acceptors (Lipinski definition) is 4. The van der Waals surface area contributed by atoms with Crippen LogP contribution in [0.5, 0.6) is 0 Å². The van der Waals surface area contributed by atoms with Crippen molar-refractivity contribution in [3.05, 3.63) is 12.7 Å². The third-order valence-electron chi connectivity index (χ3n) is 2.34. The molecule has 4 nitrogen and oxygen atoms in total. The van der Waals surface area contributed by atoms with E-state index in [0.29, 0.717) is 19.1 Å². The Labute approximate surface area is 104 Å². The number of rotatable bonds is 10. The van der Waals surface area contributed by atoms with Crippen molar-refractivity contribution >= 4 is 5.78 Å². The van der Waals surface area contributed by atoms with Gasteiger partial charge in [0.1, 0.15) is 5.78 Å². The molecular formula is C13H25NO3. The van der Waals surface area contributed by atoms with E-state index in [1.54, 1.807) is 13.0 Å². The van der Waals surface area contributed by atoms with Gasteiger partial charge >= 0.3 is 0 Å². The second-order valence-corrected chi connectivity index (χ2v) is 4.68. The molecule has 0 bridgehead atoms. The molecule has 0 aromatic rings. The molecule has 4 heteroatoms. The van der Waals surface area contributed by atoms with Gasteiger partial charge in [-0.3, -0.25) is 4.79 Å². The first-order chi connectivity index (χ1) is 7.97. The van der Waals surface area contributed by atoms with E-state index in [4.69, 9.17) is 4.74 Å². The summed E-state index contributed by atoms with van der Waals surface area (Å²) in [5.41, 5.74) is 0. The maximum absolute atomic E-state index is 11.4. The molecule has 2 atom stereocenters. The highest BCUT2D eigenvalue weighted by Gasteiger charge is 2.16. The van der Waals surface area contributed by atoms with E-state index in [1.807, 2.05) is 0 Å². The van der Waals surface area contributed by atoms with Crippen molar-refractivity contribution in [1.82, 2.24) is 5.32 Å². The lowest BCUT2D eigenvalue weighted by atomic mass is 10.0. The number of ketones is 1. The summed E-state index contributed by atoms with van der Waals surface area (Å²) >= 11 is 0. The first-order valence-electron chi connectivity index (χ1n) is 6.07. The zero-order valence-corrected chi connectivity index (χ0v) is 11.1. The number of aliphatic hydroxyl groups is 1. The van der Waals surface area contributed by atoms with Crippen LogP contribution in [0.1, 0.15) is 27.2 Å². The van der Waals surface area contributed by atoms with Crippen molar-refractivity contribution in [2.45, 2.75) is 39.3 Å². The molecule has 0 aliphatic heterocycles. The van der Waals surface area contributed by atoms with E-state index in [2.05, 4.69) is 25.7 Å². The van der Waals surface area contributed by atoms with Gasteiger partial charge in [0.25, 0.3) is 0 Å². The van der Waals surface area contributed by atoms with Gasteiger partial charge in [0.15, 0.2) is 0 Å². The summed E-state index contributed by atoms with van der Waals surface area (Å²) in [6, 6.07) is -0.177. The zero-order chi connectivity index (χ0) is 13.3. The van der Waals surface area contributed by atoms with Crippen LogP contribution >= 0.6 is 0 Å². The van der Waals surface area contributed by atoms with Gasteiger partial charge < -0.3 is 15.2 Å². The summed E-state index contributed by atoms with van der Waals surface area (Å²) in [5, 5.41) is 12.7. The number of hydrogen-bond donors (Lipinski definition) is 2. The summed E-state index contributed by atoms with van der Waals surface area (Å²) < 4.78 is 5.13. The number of ether oxygens (including phenoxy) is 1. The maximum Gasteiger partial charge on any atom is 0.146 e. The molecule has 0 rings (SSSR count). The van der Waals surface area contributed by atoms with Crippen LogP contribution < -0.4 is 5.32 Å². The Morgan fingerprint density at radius 3 is 2.65 bits per heavy atom. The van der Waals surface area contributed by atoms with Crippen molar-refractivity contribution in [3.63, 3.8) is 0 Å². The fourth-order valence-electron chi connectivity index (χ4n) is 1.49. The molecule has 2 N–H and O–H groups in total. The van der Waals surface area contributed by atoms with Crippen molar-refractivity contribution in [1.29, 1.82) is 0 Å². The Hall–Kier alpha value is -0.710. The minimum atomic E-state index is -0.594. The van der Waals surface area contributed by atoms with Crippen molar-refractivity contribution in [2.24, 2.45) is 5.92 Å². The van der Waals surface area contributed by atoms with Gasteiger partial charge in [0.05, 0.1) is 25.4 Å². The molecule has 0 heterocycles. The lowest BCUT2D eigenvalue weighted by molar-refractivity contribution is -0.119. The fraction of sp³-hybridized carbons (Fsp3) is 0.769. The highest BCUT2D eigenvalue weighted by Crippen LogP contribution is 2.05. The van der Waals surface area contributed by atoms with Gasteiger partial charge in [-0.15, -0.1) is 6.58 Å². The molecule has 0 saturated carbocycles. The molecular weight excluding hydrogens is 218 g/mol. The molecule has 0 radical (unpaired) electrons. The minimum absolute atomic E-state index is 0.109. The third-order valence-corrected chi connectivity index (χ3v) is 2.34. The molecule has 100 valence electrons. The first kappa shape index (κ1) is 16.3.